The number of benzene rings is 1. The summed E-state index contributed by atoms with van der Waals surface area (Å²) in [5.41, 5.74) is 1.10. The van der Waals surface area contributed by atoms with Crippen molar-refractivity contribution in [3.63, 3.8) is 0 Å². The van der Waals surface area contributed by atoms with E-state index in [1.54, 1.807) is 12.1 Å². The molecule has 0 radical (unpaired) electrons. The van der Waals surface area contributed by atoms with Gasteiger partial charge in [0, 0.05) is 5.75 Å². The summed E-state index contributed by atoms with van der Waals surface area (Å²) in [7, 11) is 0. The van der Waals surface area contributed by atoms with E-state index in [1.165, 1.54) is 24.2 Å². The summed E-state index contributed by atoms with van der Waals surface area (Å²) in [6.07, 6.45) is 1.43. The smallest absolute Gasteiger partial charge is 0.183 e. The highest BCUT2D eigenvalue weighted by molar-refractivity contribution is 7.98. The number of thioether (sulfide) groups is 1. The SMILES string of the molecule is O=C([O-])c1cccc(CSc2ncn[nH]2)c1. The summed E-state index contributed by atoms with van der Waals surface area (Å²) in [5.74, 6) is -0.525. The van der Waals surface area contributed by atoms with Crippen LogP contribution in [-0.4, -0.2) is 21.2 Å². The number of aromatic carboxylic acids is 1. The summed E-state index contributed by atoms with van der Waals surface area (Å²) in [5, 5.41) is 17.8. The Bertz CT molecular complexity index is 485. The molecule has 1 heterocycles. The Morgan fingerprint density at radius 3 is 3.06 bits per heavy atom. The molecule has 0 bridgehead atoms. The van der Waals surface area contributed by atoms with Crippen molar-refractivity contribution in [2.45, 2.75) is 10.9 Å². The van der Waals surface area contributed by atoms with Gasteiger partial charge in [0.15, 0.2) is 5.16 Å². The Labute approximate surface area is 95.9 Å². The molecule has 0 aliphatic carbocycles. The topological polar surface area (TPSA) is 81.7 Å². The zero-order chi connectivity index (χ0) is 11.4. The van der Waals surface area contributed by atoms with Crippen molar-refractivity contribution in [3.05, 3.63) is 41.7 Å². The standard InChI is InChI=1S/C10H9N3O2S/c14-9(15)8-3-1-2-7(4-8)5-16-10-11-6-12-13-10/h1-4,6H,5H2,(H,14,15)(H,11,12,13)/p-1. The second-order valence-corrected chi connectivity index (χ2v) is 4.03. The van der Waals surface area contributed by atoms with Crippen LogP contribution < -0.4 is 5.11 Å². The molecule has 2 rings (SSSR count). The van der Waals surface area contributed by atoms with Crippen molar-refractivity contribution in [1.82, 2.24) is 15.2 Å². The minimum atomic E-state index is -1.16. The predicted octanol–water partition coefficient (Wildman–Crippen LogP) is 0.460. The quantitative estimate of drug-likeness (QED) is 0.777. The van der Waals surface area contributed by atoms with Crippen LogP contribution in [-0.2, 0) is 5.75 Å². The molecule has 16 heavy (non-hydrogen) atoms. The highest BCUT2D eigenvalue weighted by atomic mass is 32.2. The van der Waals surface area contributed by atoms with Crippen molar-refractivity contribution < 1.29 is 9.90 Å². The molecule has 82 valence electrons. The molecule has 0 aliphatic rings. The number of carbonyl (C=O) groups excluding carboxylic acids is 1. The van der Waals surface area contributed by atoms with E-state index in [-0.39, 0.29) is 5.56 Å². The number of nitrogens with zero attached hydrogens (tertiary/aromatic N) is 2. The van der Waals surface area contributed by atoms with E-state index in [2.05, 4.69) is 15.2 Å². The maximum atomic E-state index is 10.6. The highest BCUT2D eigenvalue weighted by Crippen LogP contribution is 2.18. The average molecular weight is 234 g/mol. The van der Waals surface area contributed by atoms with Crippen molar-refractivity contribution in [3.8, 4) is 0 Å². The third-order valence-electron chi connectivity index (χ3n) is 1.93. The third kappa shape index (κ3) is 2.60. The number of aromatic nitrogens is 3. The van der Waals surface area contributed by atoms with Gasteiger partial charge >= 0.3 is 0 Å². The van der Waals surface area contributed by atoms with Crippen LogP contribution in [0, 0.1) is 0 Å². The van der Waals surface area contributed by atoms with Crippen LogP contribution in [0.1, 0.15) is 15.9 Å². The molecule has 1 aromatic heterocycles. The first-order valence-corrected chi connectivity index (χ1v) is 5.53. The first-order chi connectivity index (χ1) is 7.75. The van der Waals surface area contributed by atoms with Gasteiger partial charge in [0.25, 0.3) is 0 Å². The lowest BCUT2D eigenvalue weighted by Gasteiger charge is -2.04. The van der Waals surface area contributed by atoms with Gasteiger partial charge in [0.2, 0.25) is 0 Å². The van der Waals surface area contributed by atoms with Gasteiger partial charge in [-0.25, -0.2) is 4.98 Å². The van der Waals surface area contributed by atoms with Crippen LogP contribution >= 0.6 is 11.8 Å². The Morgan fingerprint density at radius 2 is 2.38 bits per heavy atom. The van der Waals surface area contributed by atoms with Crippen molar-refractivity contribution in [1.29, 1.82) is 0 Å². The van der Waals surface area contributed by atoms with E-state index in [0.717, 1.165) is 5.56 Å². The van der Waals surface area contributed by atoms with Crippen LogP contribution in [0.5, 0.6) is 0 Å². The molecule has 5 nitrogen and oxygen atoms in total. The summed E-state index contributed by atoms with van der Waals surface area (Å²) in [4.78, 5) is 14.6. The molecule has 0 saturated carbocycles. The van der Waals surface area contributed by atoms with Crippen LogP contribution in [0.2, 0.25) is 0 Å². The lowest BCUT2D eigenvalue weighted by Crippen LogP contribution is -2.22. The van der Waals surface area contributed by atoms with E-state index in [4.69, 9.17) is 0 Å². The number of carboxylic acids is 1. The van der Waals surface area contributed by atoms with Gasteiger partial charge in [-0.15, -0.1) is 0 Å². The van der Waals surface area contributed by atoms with Gasteiger partial charge in [0.1, 0.15) is 6.33 Å². The highest BCUT2D eigenvalue weighted by Gasteiger charge is 2.00. The summed E-state index contributed by atoms with van der Waals surface area (Å²) >= 11 is 1.46. The predicted molar refractivity (Wildman–Crippen MR) is 56.7 cm³/mol. The zero-order valence-electron chi connectivity index (χ0n) is 8.21. The average Bonchev–Trinajstić information content (AvgIpc) is 2.79. The van der Waals surface area contributed by atoms with Crippen molar-refractivity contribution >= 4 is 17.7 Å². The minimum absolute atomic E-state index is 0.190. The second kappa shape index (κ2) is 4.80. The Kier molecular flexibility index (Phi) is 3.21. The van der Waals surface area contributed by atoms with Gasteiger partial charge in [-0.2, -0.15) is 5.10 Å². The van der Waals surface area contributed by atoms with Crippen molar-refractivity contribution in [2.24, 2.45) is 0 Å². The maximum Gasteiger partial charge on any atom is 0.183 e. The van der Waals surface area contributed by atoms with Crippen LogP contribution in [0.25, 0.3) is 0 Å². The van der Waals surface area contributed by atoms with E-state index < -0.39 is 5.97 Å². The molecular formula is C10H8N3O2S-. The maximum absolute atomic E-state index is 10.6. The molecule has 6 heteroatoms. The largest absolute Gasteiger partial charge is 0.545 e. The van der Waals surface area contributed by atoms with Gasteiger partial charge < -0.3 is 9.90 Å². The molecule has 0 spiro atoms. The number of H-pyrrole nitrogens is 1. The zero-order valence-corrected chi connectivity index (χ0v) is 9.03. The minimum Gasteiger partial charge on any atom is -0.545 e. The number of hydrogen-bond donors (Lipinski definition) is 1. The van der Waals surface area contributed by atoms with E-state index in [9.17, 15) is 9.90 Å². The van der Waals surface area contributed by atoms with E-state index in [1.807, 2.05) is 6.07 Å². The number of carbonyl (C=O) groups is 1. The molecular weight excluding hydrogens is 226 g/mol. The molecule has 0 aliphatic heterocycles. The Balaban J connectivity index is 2.04. The lowest BCUT2D eigenvalue weighted by atomic mass is 10.1. The summed E-state index contributed by atoms with van der Waals surface area (Å²) in [6, 6.07) is 6.66. The lowest BCUT2D eigenvalue weighted by molar-refractivity contribution is -0.255. The van der Waals surface area contributed by atoms with Crippen LogP contribution in [0.15, 0.2) is 35.7 Å². The third-order valence-corrected chi connectivity index (χ3v) is 2.88. The first kappa shape index (κ1) is 10.7. The fourth-order valence-corrected chi connectivity index (χ4v) is 1.93. The first-order valence-electron chi connectivity index (χ1n) is 4.54. The number of carboxylic acid groups (broad SMARTS) is 1. The molecule has 0 saturated heterocycles. The fourth-order valence-electron chi connectivity index (χ4n) is 1.20. The number of rotatable bonds is 4. The van der Waals surface area contributed by atoms with E-state index in [0.29, 0.717) is 10.9 Å². The molecule has 1 aromatic carbocycles. The van der Waals surface area contributed by atoms with Crippen molar-refractivity contribution in [2.75, 3.05) is 0 Å². The Morgan fingerprint density at radius 1 is 1.50 bits per heavy atom. The molecule has 0 atom stereocenters. The molecule has 0 unspecified atom stereocenters. The molecule has 1 N–H and O–H groups in total. The fraction of sp³-hybridized carbons (Fsp3) is 0.100. The second-order valence-electron chi connectivity index (χ2n) is 3.07. The number of hydrogen-bond acceptors (Lipinski definition) is 5. The van der Waals surface area contributed by atoms with Gasteiger partial charge in [-0.3, -0.25) is 5.10 Å². The normalized spacial score (nSPS) is 10.2. The Hall–Kier alpha value is -1.82. The van der Waals surface area contributed by atoms with Gasteiger partial charge in [0.05, 0.1) is 5.97 Å². The summed E-state index contributed by atoms with van der Waals surface area (Å²) in [6.45, 7) is 0. The van der Waals surface area contributed by atoms with Gasteiger partial charge in [-0.1, -0.05) is 30.0 Å². The molecule has 0 fully saturated rings. The monoisotopic (exact) mass is 234 g/mol. The van der Waals surface area contributed by atoms with E-state index >= 15 is 0 Å². The summed E-state index contributed by atoms with van der Waals surface area (Å²) < 4.78 is 0. The number of nitrogens with one attached hydrogen (secondary N) is 1. The molecule has 0 amide bonds. The number of aromatic amines is 1. The van der Waals surface area contributed by atoms with Gasteiger partial charge in [-0.05, 0) is 17.2 Å². The molecule has 2 aromatic rings. The van der Waals surface area contributed by atoms with Crippen LogP contribution in [0.3, 0.4) is 0 Å². The van der Waals surface area contributed by atoms with Crippen LogP contribution in [0.4, 0.5) is 0 Å².